The van der Waals surface area contributed by atoms with Gasteiger partial charge in [0, 0.05) is 26.6 Å². The molecule has 0 radical (unpaired) electrons. The molecule has 0 N–H and O–H groups in total. The van der Waals surface area contributed by atoms with Crippen LogP contribution in [0.15, 0.2) is 24.3 Å². The van der Waals surface area contributed by atoms with Gasteiger partial charge in [-0.25, -0.2) is 0 Å². The lowest BCUT2D eigenvalue weighted by Gasteiger charge is -2.39. The van der Waals surface area contributed by atoms with E-state index >= 15 is 0 Å². The quantitative estimate of drug-likeness (QED) is 0.799. The molecule has 1 aliphatic rings. The summed E-state index contributed by atoms with van der Waals surface area (Å²) >= 11 is 0. The van der Waals surface area contributed by atoms with Gasteiger partial charge in [-0.05, 0) is 19.1 Å². The third kappa shape index (κ3) is 2.14. The second-order valence-corrected chi connectivity index (χ2v) is 4.60. The number of rotatable bonds is 3. The van der Waals surface area contributed by atoms with Crippen LogP contribution in [0, 0.1) is 0 Å². The lowest BCUT2D eigenvalue weighted by Crippen LogP contribution is -2.46. The van der Waals surface area contributed by atoms with Crippen LogP contribution in [0.1, 0.15) is 20.3 Å². The van der Waals surface area contributed by atoms with E-state index in [4.69, 9.17) is 0 Å². The van der Waals surface area contributed by atoms with Gasteiger partial charge in [-0.3, -0.25) is 4.79 Å². The lowest BCUT2D eigenvalue weighted by atomic mass is 10.1. The molecule has 1 aromatic carbocycles. The van der Waals surface area contributed by atoms with Crippen LogP contribution in [-0.2, 0) is 4.79 Å². The van der Waals surface area contributed by atoms with E-state index < -0.39 is 0 Å². The largest absolute Gasteiger partial charge is 0.371 e. The summed E-state index contributed by atoms with van der Waals surface area (Å²) in [6.07, 6.45) is 0.607. The van der Waals surface area contributed by atoms with Crippen LogP contribution in [0.2, 0.25) is 0 Å². The van der Waals surface area contributed by atoms with E-state index in [2.05, 4.69) is 29.0 Å². The zero-order valence-electron chi connectivity index (χ0n) is 10.8. The van der Waals surface area contributed by atoms with Gasteiger partial charge in [0.15, 0.2) is 5.78 Å². The van der Waals surface area contributed by atoms with Crippen LogP contribution in [0.4, 0.5) is 11.4 Å². The minimum Gasteiger partial charge on any atom is -0.371 e. The number of ketones is 1. The maximum Gasteiger partial charge on any atom is 0.154 e. The third-order valence-electron chi connectivity index (χ3n) is 3.56. The molecule has 1 aliphatic heterocycles. The first kappa shape index (κ1) is 12.0. The predicted octanol–water partition coefficient (Wildman–Crippen LogP) is 2.31. The van der Waals surface area contributed by atoms with E-state index in [9.17, 15) is 4.79 Å². The van der Waals surface area contributed by atoms with E-state index in [0.717, 1.165) is 13.1 Å². The van der Waals surface area contributed by atoms with Crippen LogP contribution in [0.3, 0.4) is 0 Å². The van der Waals surface area contributed by atoms with Gasteiger partial charge in [-0.2, -0.15) is 0 Å². The maximum absolute atomic E-state index is 11.8. The number of carbonyl (C=O) groups is 1. The number of nitrogens with zero attached hydrogens (tertiary/aromatic N) is 2. The molecule has 92 valence electrons. The molecular formula is C14H20N2O. The van der Waals surface area contributed by atoms with Crippen molar-refractivity contribution in [1.29, 1.82) is 0 Å². The second-order valence-electron chi connectivity index (χ2n) is 4.60. The van der Waals surface area contributed by atoms with Gasteiger partial charge in [0.2, 0.25) is 0 Å². The van der Waals surface area contributed by atoms with Crippen molar-refractivity contribution in [1.82, 2.24) is 0 Å². The number of Topliss-reactive ketones (excluding diaryl/α,β-unsaturated/α-hetero) is 1. The molecule has 0 aliphatic carbocycles. The minimum atomic E-state index is -0.0187. The van der Waals surface area contributed by atoms with Crippen molar-refractivity contribution in [3.05, 3.63) is 24.3 Å². The first-order valence-electron chi connectivity index (χ1n) is 6.24. The van der Waals surface area contributed by atoms with Gasteiger partial charge >= 0.3 is 0 Å². The number of carbonyl (C=O) groups excluding carboxylic acids is 1. The molecule has 3 nitrogen and oxygen atoms in total. The molecule has 17 heavy (non-hydrogen) atoms. The zero-order chi connectivity index (χ0) is 12.4. The number of benzene rings is 1. The molecule has 1 aromatic rings. The summed E-state index contributed by atoms with van der Waals surface area (Å²) in [5.41, 5.74) is 2.39. The van der Waals surface area contributed by atoms with Gasteiger partial charge < -0.3 is 9.80 Å². The van der Waals surface area contributed by atoms with Crippen LogP contribution in [0.25, 0.3) is 0 Å². The summed E-state index contributed by atoms with van der Waals surface area (Å²) in [4.78, 5) is 16.3. The van der Waals surface area contributed by atoms with Gasteiger partial charge in [-0.1, -0.05) is 19.1 Å². The summed E-state index contributed by atoms with van der Waals surface area (Å²) in [6.45, 7) is 5.83. The Morgan fingerprint density at radius 3 is 2.59 bits per heavy atom. The zero-order valence-corrected chi connectivity index (χ0v) is 10.8. The molecule has 0 spiro atoms. The fraction of sp³-hybridized carbons (Fsp3) is 0.500. The molecule has 1 atom stereocenters. The van der Waals surface area contributed by atoms with E-state index in [1.54, 1.807) is 0 Å². The summed E-state index contributed by atoms with van der Waals surface area (Å²) in [5.74, 6) is 0.310. The highest BCUT2D eigenvalue weighted by atomic mass is 16.1. The van der Waals surface area contributed by atoms with E-state index in [0.29, 0.717) is 12.2 Å². The predicted molar refractivity (Wildman–Crippen MR) is 71.8 cm³/mol. The minimum absolute atomic E-state index is 0.0187. The monoisotopic (exact) mass is 232 g/mol. The number of fused-ring (bicyclic) bond motifs is 1. The molecule has 0 saturated carbocycles. The Bertz CT molecular complexity index is 416. The van der Waals surface area contributed by atoms with Gasteiger partial charge in [-0.15, -0.1) is 0 Å². The molecule has 1 heterocycles. The molecule has 2 rings (SSSR count). The fourth-order valence-corrected chi connectivity index (χ4v) is 2.40. The van der Waals surface area contributed by atoms with Crippen LogP contribution >= 0.6 is 0 Å². The van der Waals surface area contributed by atoms with Crippen LogP contribution in [-0.4, -0.2) is 32.0 Å². The Balaban J connectivity index is 2.33. The average molecular weight is 232 g/mol. The maximum atomic E-state index is 11.8. The van der Waals surface area contributed by atoms with Gasteiger partial charge in [0.25, 0.3) is 0 Å². The Morgan fingerprint density at radius 2 is 1.94 bits per heavy atom. The van der Waals surface area contributed by atoms with Crippen molar-refractivity contribution in [3.63, 3.8) is 0 Å². The van der Waals surface area contributed by atoms with Crippen molar-refractivity contribution in [2.75, 3.05) is 29.9 Å². The van der Waals surface area contributed by atoms with E-state index in [1.165, 1.54) is 11.4 Å². The second kappa shape index (κ2) is 4.78. The molecule has 1 unspecified atom stereocenters. The molecule has 3 heteroatoms. The van der Waals surface area contributed by atoms with Crippen LogP contribution in [0.5, 0.6) is 0 Å². The van der Waals surface area contributed by atoms with Crippen molar-refractivity contribution in [3.8, 4) is 0 Å². The topological polar surface area (TPSA) is 23.6 Å². The number of para-hydroxylation sites is 2. The average Bonchev–Trinajstić information content (AvgIpc) is 2.38. The molecule has 0 aromatic heterocycles. The van der Waals surface area contributed by atoms with Crippen molar-refractivity contribution >= 4 is 17.2 Å². The Kier molecular flexibility index (Phi) is 3.36. The third-order valence-corrected chi connectivity index (χ3v) is 3.56. The van der Waals surface area contributed by atoms with Crippen molar-refractivity contribution < 1.29 is 4.79 Å². The highest BCUT2D eigenvalue weighted by molar-refractivity contribution is 5.88. The number of likely N-dealkylation sites (N-methyl/N-ethyl adjacent to an activating group) is 1. The van der Waals surface area contributed by atoms with Crippen LogP contribution < -0.4 is 9.80 Å². The lowest BCUT2D eigenvalue weighted by molar-refractivity contribution is -0.119. The Labute approximate surface area is 103 Å². The molecule has 0 amide bonds. The van der Waals surface area contributed by atoms with Gasteiger partial charge in [0.1, 0.15) is 0 Å². The summed E-state index contributed by atoms with van der Waals surface area (Å²) in [7, 11) is 2.10. The standard InChI is InChI=1S/C14H20N2O/c1-4-14(17)11(2)16-10-9-15(3)12-7-5-6-8-13(12)16/h5-8,11H,4,9-10H2,1-3H3. The first-order chi connectivity index (χ1) is 8.15. The highest BCUT2D eigenvalue weighted by Crippen LogP contribution is 2.33. The highest BCUT2D eigenvalue weighted by Gasteiger charge is 2.26. The smallest absolute Gasteiger partial charge is 0.154 e. The van der Waals surface area contributed by atoms with E-state index in [-0.39, 0.29) is 6.04 Å². The number of hydrogen-bond acceptors (Lipinski definition) is 3. The van der Waals surface area contributed by atoms with Crippen molar-refractivity contribution in [2.45, 2.75) is 26.3 Å². The van der Waals surface area contributed by atoms with Gasteiger partial charge in [0.05, 0.1) is 17.4 Å². The first-order valence-corrected chi connectivity index (χ1v) is 6.24. The summed E-state index contributed by atoms with van der Waals surface area (Å²) in [5, 5.41) is 0. The summed E-state index contributed by atoms with van der Waals surface area (Å²) < 4.78 is 0. The molecular weight excluding hydrogens is 212 g/mol. The van der Waals surface area contributed by atoms with E-state index in [1.807, 2.05) is 26.0 Å². The Morgan fingerprint density at radius 1 is 1.29 bits per heavy atom. The van der Waals surface area contributed by atoms with Crippen molar-refractivity contribution in [2.24, 2.45) is 0 Å². The number of anilines is 2. The molecule has 0 bridgehead atoms. The molecule has 0 saturated heterocycles. The normalized spacial score (nSPS) is 16.6. The Hall–Kier alpha value is -1.51. The number of hydrogen-bond donors (Lipinski definition) is 0. The fourth-order valence-electron chi connectivity index (χ4n) is 2.40. The SMILES string of the molecule is CCC(=O)C(C)N1CCN(C)c2ccccc21. The summed E-state index contributed by atoms with van der Waals surface area (Å²) in [6, 6.07) is 8.28. The molecule has 0 fully saturated rings.